The number of likely N-dealkylation sites (N-methyl/N-ethyl adjacent to an activating group) is 1. The Bertz CT molecular complexity index is 914. The molecule has 7 heteroatoms. The fraction of sp³-hybridized carbons (Fsp3) is 0.400. The molecule has 0 saturated heterocycles. The summed E-state index contributed by atoms with van der Waals surface area (Å²) in [6.07, 6.45) is -0.775. The highest BCUT2D eigenvalue weighted by molar-refractivity contribution is 5.56. The largest absolute Gasteiger partial charge is 0.504 e. The number of benzene rings is 2. The molecular formula is C20H21NO6. The lowest BCUT2D eigenvalue weighted by molar-refractivity contribution is -0.174. The van der Waals surface area contributed by atoms with Crippen molar-refractivity contribution in [2.24, 2.45) is 0 Å². The van der Waals surface area contributed by atoms with E-state index in [1.165, 1.54) is 7.11 Å². The molecule has 7 nitrogen and oxygen atoms in total. The van der Waals surface area contributed by atoms with Gasteiger partial charge < -0.3 is 29.2 Å². The first-order valence-corrected chi connectivity index (χ1v) is 8.94. The molecular weight excluding hydrogens is 350 g/mol. The zero-order chi connectivity index (χ0) is 18.7. The Kier molecular flexibility index (Phi) is 3.72. The van der Waals surface area contributed by atoms with Gasteiger partial charge >= 0.3 is 0 Å². The summed E-state index contributed by atoms with van der Waals surface area (Å²) in [4.78, 5) is 2.21. The molecule has 27 heavy (non-hydrogen) atoms. The molecule has 2 N–H and O–H groups in total. The highest BCUT2D eigenvalue weighted by Crippen LogP contribution is 2.54. The Labute approximate surface area is 156 Å². The number of rotatable bonds is 1. The number of hydrogen-bond acceptors (Lipinski definition) is 7. The molecule has 0 bridgehead atoms. The number of phenols is 1. The molecule has 3 unspecified atom stereocenters. The van der Waals surface area contributed by atoms with E-state index in [0.717, 1.165) is 29.7 Å². The highest BCUT2D eigenvalue weighted by Gasteiger charge is 2.43. The average molecular weight is 371 g/mol. The Morgan fingerprint density at radius 1 is 1.19 bits per heavy atom. The molecule has 142 valence electrons. The molecule has 3 atom stereocenters. The Morgan fingerprint density at radius 3 is 2.85 bits per heavy atom. The molecule has 0 spiro atoms. The lowest BCUT2D eigenvalue weighted by Crippen LogP contribution is -2.35. The number of hydrogen-bond donors (Lipinski definition) is 2. The van der Waals surface area contributed by atoms with E-state index in [-0.39, 0.29) is 18.6 Å². The minimum atomic E-state index is -1.14. The molecule has 0 aromatic heterocycles. The van der Waals surface area contributed by atoms with Crippen molar-refractivity contribution in [2.75, 3.05) is 27.5 Å². The van der Waals surface area contributed by atoms with Crippen LogP contribution in [-0.2, 0) is 11.2 Å². The van der Waals surface area contributed by atoms with E-state index in [0.29, 0.717) is 22.8 Å². The van der Waals surface area contributed by atoms with Gasteiger partial charge in [-0.1, -0.05) is 6.07 Å². The summed E-state index contributed by atoms with van der Waals surface area (Å²) >= 11 is 0. The van der Waals surface area contributed by atoms with Gasteiger partial charge in [0.15, 0.2) is 29.3 Å². The fourth-order valence-electron chi connectivity index (χ4n) is 4.39. The summed E-state index contributed by atoms with van der Waals surface area (Å²) in [5.74, 6) is 1.67. The normalized spacial score (nSPS) is 26.0. The maximum Gasteiger partial charge on any atom is 0.231 e. The fourth-order valence-corrected chi connectivity index (χ4v) is 4.39. The second kappa shape index (κ2) is 6.02. The molecule has 3 aliphatic rings. The Hall–Kier alpha value is -2.48. The molecule has 3 heterocycles. The minimum absolute atomic E-state index is 0.0640. The topological polar surface area (TPSA) is 80.6 Å². The van der Waals surface area contributed by atoms with Crippen LogP contribution in [0.15, 0.2) is 24.3 Å². The third kappa shape index (κ3) is 2.39. The van der Waals surface area contributed by atoms with Crippen molar-refractivity contribution in [3.05, 3.63) is 46.5 Å². The number of aromatic hydroxyl groups is 1. The van der Waals surface area contributed by atoms with E-state index in [2.05, 4.69) is 4.90 Å². The minimum Gasteiger partial charge on any atom is -0.504 e. The number of nitrogens with zero attached hydrogens (tertiary/aromatic N) is 1. The Balaban J connectivity index is 1.68. The van der Waals surface area contributed by atoms with Crippen LogP contribution in [-0.4, -0.2) is 42.6 Å². The number of methoxy groups -OCH3 is 1. The first-order valence-electron chi connectivity index (χ1n) is 8.94. The van der Waals surface area contributed by atoms with Crippen molar-refractivity contribution in [3.8, 4) is 23.0 Å². The van der Waals surface area contributed by atoms with Gasteiger partial charge in [-0.25, -0.2) is 0 Å². The van der Waals surface area contributed by atoms with Crippen LogP contribution in [0.25, 0.3) is 0 Å². The predicted molar refractivity (Wildman–Crippen MR) is 95.1 cm³/mol. The van der Waals surface area contributed by atoms with Crippen LogP contribution in [0.3, 0.4) is 0 Å². The number of aliphatic hydroxyl groups is 1. The average Bonchev–Trinajstić information content (AvgIpc) is 3.10. The van der Waals surface area contributed by atoms with Gasteiger partial charge in [-0.15, -0.1) is 0 Å². The van der Waals surface area contributed by atoms with Gasteiger partial charge in [-0.3, -0.25) is 4.90 Å². The third-order valence-electron chi connectivity index (χ3n) is 5.70. The summed E-state index contributed by atoms with van der Waals surface area (Å²) in [6, 6.07) is 7.27. The Morgan fingerprint density at radius 2 is 2.04 bits per heavy atom. The predicted octanol–water partition coefficient (Wildman–Crippen LogP) is 2.42. The van der Waals surface area contributed by atoms with Crippen LogP contribution in [0.4, 0.5) is 0 Å². The molecule has 0 fully saturated rings. The van der Waals surface area contributed by atoms with Gasteiger partial charge in [0.2, 0.25) is 6.79 Å². The number of phenolic OH excluding ortho intramolecular Hbond substituents is 1. The second-order valence-corrected chi connectivity index (χ2v) is 7.11. The lowest BCUT2D eigenvalue weighted by Gasteiger charge is -2.40. The summed E-state index contributed by atoms with van der Waals surface area (Å²) in [5.41, 5.74) is 3.48. The van der Waals surface area contributed by atoms with Crippen molar-refractivity contribution < 1.29 is 29.2 Å². The highest BCUT2D eigenvalue weighted by atomic mass is 16.7. The second-order valence-electron chi connectivity index (χ2n) is 7.11. The number of fused-ring (bicyclic) bond motifs is 7. The van der Waals surface area contributed by atoms with Gasteiger partial charge in [0.25, 0.3) is 0 Å². The van der Waals surface area contributed by atoms with Crippen molar-refractivity contribution in [3.63, 3.8) is 0 Å². The van der Waals surface area contributed by atoms with Crippen LogP contribution < -0.4 is 14.2 Å². The van der Waals surface area contributed by atoms with Crippen LogP contribution in [0, 0.1) is 0 Å². The van der Waals surface area contributed by atoms with Crippen molar-refractivity contribution in [1.29, 1.82) is 0 Å². The molecule has 0 saturated carbocycles. The molecule has 2 aromatic carbocycles. The standard InChI is InChI=1S/C20H21NO6/c1-21-6-5-10-7-15(24-2)13(22)8-12(10)18-17(21)11-3-4-14-19(26-9-25-14)16(11)20(23)27-18/h3-4,7-8,17-18,20,22-23H,5-6,9H2,1-2H3. The van der Waals surface area contributed by atoms with Crippen LogP contribution in [0.5, 0.6) is 23.0 Å². The first-order chi connectivity index (χ1) is 13.1. The maximum atomic E-state index is 10.8. The van der Waals surface area contributed by atoms with Crippen LogP contribution in [0.1, 0.15) is 40.7 Å². The van der Waals surface area contributed by atoms with E-state index >= 15 is 0 Å². The van der Waals surface area contributed by atoms with Gasteiger partial charge in [0.1, 0.15) is 6.10 Å². The van der Waals surface area contributed by atoms with Crippen molar-refractivity contribution >= 4 is 0 Å². The van der Waals surface area contributed by atoms with Gasteiger partial charge in [-0.2, -0.15) is 0 Å². The maximum absolute atomic E-state index is 10.8. The summed E-state index contributed by atoms with van der Waals surface area (Å²) in [6.45, 7) is 0.939. The molecule has 0 amide bonds. The summed E-state index contributed by atoms with van der Waals surface area (Å²) in [5, 5.41) is 21.1. The van der Waals surface area contributed by atoms with Gasteiger partial charge in [-0.05, 0) is 48.4 Å². The van der Waals surface area contributed by atoms with Crippen LogP contribution >= 0.6 is 0 Å². The van der Waals surface area contributed by atoms with Crippen LogP contribution in [0.2, 0.25) is 0 Å². The SMILES string of the molecule is COc1cc2c(cc1O)C1OC(O)c3c(ccc4c3OCO4)C1N(C)CC2. The van der Waals surface area contributed by atoms with E-state index in [9.17, 15) is 10.2 Å². The van der Waals surface area contributed by atoms with E-state index in [1.807, 2.05) is 25.2 Å². The zero-order valence-corrected chi connectivity index (χ0v) is 15.1. The van der Waals surface area contributed by atoms with Crippen molar-refractivity contribution in [1.82, 2.24) is 4.90 Å². The van der Waals surface area contributed by atoms with E-state index in [4.69, 9.17) is 18.9 Å². The lowest BCUT2D eigenvalue weighted by atomic mass is 9.87. The first kappa shape index (κ1) is 16.7. The molecule has 3 aliphatic heterocycles. The van der Waals surface area contributed by atoms with Crippen molar-refractivity contribution in [2.45, 2.75) is 24.9 Å². The third-order valence-corrected chi connectivity index (χ3v) is 5.70. The smallest absolute Gasteiger partial charge is 0.231 e. The molecule has 0 aliphatic carbocycles. The number of ether oxygens (including phenoxy) is 4. The number of aliphatic hydroxyl groups excluding tert-OH is 1. The van der Waals surface area contributed by atoms with E-state index < -0.39 is 12.4 Å². The zero-order valence-electron chi connectivity index (χ0n) is 15.1. The van der Waals surface area contributed by atoms with Gasteiger partial charge in [0, 0.05) is 6.54 Å². The quantitative estimate of drug-likeness (QED) is 0.797. The van der Waals surface area contributed by atoms with Gasteiger partial charge in [0.05, 0.1) is 18.7 Å². The summed E-state index contributed by atoms with van der Waals surface area (Å²) < 4.78 is 22.4. The monoisotopic (exact) mass is 371 g/mol. The molecule has 2 aromatic rings. The summed E-state index contributed by atoms with van der Waals surface area (Å²) in [7, 11) is 3.57. The molecule has 5 rings (SSSR count). The molecule has 0 radical (unpaired) electrons. The van der Waals surface area contributed by atoms with E-state index in [1.54, 1.807) is 6.07 Å².